The molecule has 0 aromatic heterocycles. The smallest absolute Gasteiger partial charge is 0.150 e. The summed E-state index contributed by atoms with van der Waals surface area (Å²) < 4.78 is 26.9. The van der Waals surface area contributed by atoms with E-state index >= 15 is 0 Å². The highest BCUT2D eigenvalue weighted by atomic mass is 32.2. The quantitative estimate of drug-likeness (QED) is 0.556. The van der Waals surface area contributed by atoms with E-state index in [4.69, 9.17) is 4.74 Å². The summed E-state index contributed by atoms with van der Waals surface area (Å²) in [7, 11) is -2.81. The maximum Gasteiger partial charge on any atom is 0.150 e. The SMILES string of the molecule is CS(=O)(=O)C1CCOCC1. The number of hydrogen-bond acceptors (Lipinski definition) is 3. The van der Waals surface area contributed by atoms with Gasteiger partial charge in [-0.05, 0) is 12.8 Å². The molecule has 0 aromatic rings. The lowest BCUT2D eigenvalue weighted by Gasteiger charge is -2.19. The number of hydrogen-bond donors (Lipinski definition) is 0. The van der Waals surface area contributed by atoms with Gasteiger partial charge in [0.05, 0.1) is 5.25 Å². The normalized spacial score (nSPS) is 22.9. The lowest BCUT2D eigenvalue weighted by Crippen LogP contribution is -2.27. The fraction of sp³-hybridized carbons (Fsp3) is 1.00. The molecule has 0 bridgehead atoms. The van der Waals surface area contributed by atoms with Crippen LogP contribution in [0.4, 0.5) is 0 Å². The summed E-state index contributed by atoms with van der Waals surface area (Å²) in [6.45, 7) is 1.19. The summed E-state index contributed by atoms with van der Waals surface area (Å²) in [6.07, 6.45) is 2.63. The maximum absolute atomic E-state index is 10.9. The molecule has 1 heterocycles. The van der Waals surface area contributed by atoms with Crippen molar-refractivity contribution in [1.29, 1.82) is 0 Å². The van der Waals surface area contributed by atoms with Crippen LogP contribution in [0.15, 0.2) is 0 Å². The Morgan fingerprint density at radius 3 is 2.10 bits per heavy atom. The van der Waals surface area contributed by atoms with Gasteiger partial charge in [0.25, 0.3) is 0 Å². The summed E-state index contributed by atoms with van der Waals surface area (Å²) in [5, 5.41) is -0.152. The van der Waals surface area contributed by atoms with Gasteiger partial charge in [-0.2, -0.15) is 0 Å². The molecule has 0 atom stereocenters. The monoisotopic (exact) mass is 164 g/mol. The van der Waals surface area contributed by atoms with Crippen molar-refractivity contribution >= 4 is 9.84 Å². The van der Waals surface area contributed by atoms with Gasteiger partial charge in [0.1, 0.15) is 9.84 Å². The molecule has 0 saturated carbocycles. The highest BCUT2D eigenvalue weighted by molar-refractivity contribution is 7.91. The minimum absolute atomic E-state index is 0.152. The molecule has 3 nitrogen and oxygen atoms in total. The lowest BCUT2D eigenvalue weighted by atomic mass is 10.2. The first-order valence-electron chi connectivity index (χ1n) is 3.37. The Labute approximate surface area is 61.3 Å². The van der Waals surface area contributed by atoms with Gasteiger partial charge < -0.3 is 4.74 Å². The van der Waals surface area contributed by atoms with Crippen LogP contribution in [-0.2, 0) is 14.6 Å². The molecule has 4 heteroatoms. The number of sulfone groups is 1. The van der Waals surface area contributed by atoms with Crippen molar-refractivity contribution in [1.82, 2.24) is 0 Å². The van der Waals surface area contributed by atoms with Crippen molar-refractivity contribution in [2.24, 2.45) is 0 Å². The Kier molecular flexibility index (Phi) is 2.31. The zero-order chi connectivity index (χ0) is 7.61. The summed E-state index contributed by atoms with van der Waals surface area (Å²) in [6, 6.07) is 0. The predicted molar refractivity (Wildman–Crippen MR) is 38.7 cm³/mol. The first-order chi connectivity index (χ1) is 4.61. The average molecular weight is 164 g/mol. The zero-order valence-electron chi connectivity index (χ0n) is 6.04. The van der Waals surface area contributed by atoms with E-state index < -0.39 is 9.84 Å². The number of ether oxygens (including phenoxy) is 1. The molecule has 0 spiro atoms. The molecule has 10 heavy (non-hydrogen) atoms. The number of rotatable bonds is 1. The van der Waals surface area contributed by atoms with Gasteiger partial charge in [-0.15, -0.1) is 0 Å². The van der Waals surface area contributed by atoms with Gasteiger partial charge in [-0.1, -0.05) is 0 Å². The predicted octanol–water partition coefficient (Wildman–Crippen LogP) is 0.210. The van der Waals surface area contributed by atoms with E-state index in [9.17, 15) is 8.42 Å². The van der Waals surface area contributed by atoms with Crippen LogP contribution in [-0.4, -0.2) is 33.1 Å². The summed E-state index contributed by atoms with van der Waals surface area (Å²) in [5.41, 5.74) is 0. The van der Waals surface area contributed by atoms with Gasteiger partial charge in [0.2, 0.25) is 0 Å². The average Bonchev–Trinajstić information content (AvgIpc) is 1.88. The highest BCUT2D eigenvalue weighted by Crippen LogP contribution is 2.13. The van der Waals surface area contributed by atoms with Crippen LogP contribution >= 0.6 is 0 Å². The fourth-order valence-corrected chi connectivity index (χ4v) is 2.15. The van der Waals surface area contributed by atoms with Crippen LogP contribution in [0.25, 0.3) is 0 Å². The second-order valence-corrected chi connectivity index (χ2v) is 4.97. The van der Waals surface area contributed by atoms with Crippen molar-refractivity contribution in [3.63, 3.8) is 0 Å². The van der Waals surface area contributed by atoms with Crippen LogP contribution in [0.3, 0.4) is 0 Å². The molecular weight excluding hydrogens is 152 g/mol. The van der Waals surface area contributed by atoms with Crippen molar-refractivity contribution in [3.8, 4) is 0 Å². The van der Waals surface area contributed by atoms with E-state index in [1.807, 2.05) is 0 Å². The van der Waals surface area contributed by atoms with Crippen LogP contribution in [0, 0.1) is 0 Å². The summed E-state index contributed by atoms with van der Waals surface area (Å²) in [4.78, 5) is 0. The Bertz CT molecular complexity index is 189. The molecule has 1 rings (SSSR count). The molecule has 1 aliphatic rings. The first kappa shape index (κ1) is 8.01. The molecule has 1 fully saturated rings. The van der Waals surface area contributed by atoms with E-state index in [1.165, 1.54) is 6.26 Å². The van der Waals surface area contributed by atoms with Crippen molar-refractivity contribution < 1.29 is 13.2 Å². The van der Waals surface area contributed by atoms with E-state index in [-0.39, 0.29) is 5.25 Å². The Morgan fingerprint density at radius 1 is 1.30 bits per heavy atom. The maximum atomic E-state index is 10.9. The summed E-state index contributed by atoms with van der Waals surface area (Å²) >= 11 is 0. The standard InChI is InChI=1S/C6H12O3S/c1-10(7,8)6-2-4-9-5-3-6/h6H,2-5H2,1H3. The third-order valence-electron chi connectivity index (χ3n) is 1.77. The largest absolute Gasteiger partial charge is 0.381 e. The third-order valence-corrected chi connectivity index (χ3v) is 3.46. The molecule has 0 aliphatic carbocycles. The second kappa shape index (κ2) is 2.88. The minimum atomic E-state index is -2.81. The van der Waals surface area contributed by atoms with Crippen molar-refractivity contribution in [2.45, 2.75) is 18.1 Å². The Morgan fingerprint density at radius 2 is 1.80 bits per heavy atom. The zero-order valence-corrected chi connectivity index (χ0v) is 6.86. The van der Waals surface area contributed by atoms with Crippen molar-refractivity contribution in [2.75, 3.05) is 19.5 Å². The highest BCUT2D eigenvalue weighted by Gasteiger charge is 2.22. The van der Waals surface area contributed by atoms with Gasteiger partial charge in [-0.3, -0.25) is 0 Å². The van der Waals surface area contributed by atoms with Crippen LogP contribution in [0.5, 0.6) is 0 Å². The molecule has 0 radical (unpaired) electrons. The van der Waals surface area contributed by atoms with Crippen molar-refractivity contribution in [3.05, 3.63) is 0 Å². The van der Waals surface area contributed by atoms with Crippen LogP contribution < -0.4 is 0 Å². The first-order valence-corrected chi connectivity index (χ1v) is 5.33. The topological polar surface area (TPSA) is 43.4 Å². The van der Waals surface area contributed by atoms with Gasteiger partial charge in [-0.25, -0.2) is 8.42 Å². The molecule has 0 aromatic carbocycles. The van der Waals surface area contributed by atoms with E-state index in [1.54, 1.807) is 0 Å². The fourth-order valence-electron chi connectivity index (χ4n) is 1.10. The minimum Gasteiger partial charge on any atom is -0.381 e. The summed E-state index contributed by atoms with van der Waals surface area (Å²) in [5.74, 6) is 0. The van der Waals surface area contributed by atoms with E-state index in [0.717, 1.165) is 0 Å². The molecular formula is C6H12O3S. The molecule has 0 N–H and O–H groups in total. The molecule has 0 amide bonds. The molecule has 1 aliphatic heterocycles. The van der Waals surface area contributed by atoms with E-state index in [0.29, 0.717) is 26.1 Å². The third kappa shape index (κ3) is 1.95. The molecule has 60 valence electrons. The van der Waals surface area contributed by atoms with Crippen LogP contribution in [0.1, 0.15) is 12.8 Å². The Hall–Kier alpha value is -0.0900. The molecule has 1 saturated heterocycles. The Balaban J connectivity index is 2.56. The van der Waals surface area contributed by atoms with Crippen LogP contribution in [0.2, 0.25) is 0 Å². The second-order valence-electron chi connectivity index (χ2n) is 2.64. The van der Waals surface area contributed by atoms with Gasteiger partial charge in [0, 0.05) is 19.5 Å². The van der Waals surface area contributed by atoms with Gasteiger partial charge in [0.15, 0.2) is 0 Å². The van der Waals surface area contributed by atoms with E-state index in [2.05, 4.69) is 0 Å². The lowest BCUT2D eigenvalue weighted by molar-refractivity contribution is 0.0985. The molecule has 0 unspecified atom stereocenters. The van der Waals surface area contributed by atoms with Gasteiger partial charge >= 0.3 is 0 Å².